The molecule has 94 valence electrons. The number of hydrogen-bond donors (Lipinski definition) is 0. The molecule has 0 radical (unpaired) electrons. The molecule has 1 heterocycles. The number of quaternary nitrogens is 1. The standard InChI is InChI=1S/C14H22NO2/c1-10-6-12(16-4)14(13(7-10)17-5)11-8-15(2,3)9-11/h6-7,11H,8-9H2,1-5H3/q+1. The van der Waals surface area contributed by atoms with Gasteiger partial charge in [-0.3, -0.25) is 0 Å². The molecule has 3 heteroatoms. The van der Waals surface area contributed by atoms with Crippen LogP contribution in [-0.2, 0) is 0 Å². The highest BCUT2D eigenvalue weighted by Crippen LogP contribution is 2.42. The van der Waals surface area contributed by atoms with Gasteiger partial charge in [0, 0.05) is 0 Å². The molecule has 0 aliphatic carbocycles. The zero-order valence-electron chi connectivity index (χ0n) is 11.4. The minimum absolute atomic E-state index is 0.551. The first-order valence-corrected chi connectivity index (χ1v) is 6.01. The minimum Gasteiger partial charge on any atom is -0.496 e. The molecule has 1 aliphatic rings. The Bertz CT molecular complexity index is 393. The molecule has 1 aromatic rings. The predicted molar refractivity (Wildman–Crippen MR) is 68.9 cm³/mol. The summed E-state index contributed by atoms with van der Waals surface area (Å²) in [4.78, 5) is 0. The molecule has 3 nitrogen and oxygen atoms in total. The lowest BCUT2D eigenvalue weighted by atomic mass is 9.87. The van der Waals surface area contributed by atoms with Gasteiger partial charge in [0.15, 0.2) is 0 Å². The van der Waals surface area contributed by atoms with Crippen molar-refractivity contribution in [3.8, 4) is 11.5 Å². The number of benzene rings is 1. The van der Waals surface area contributed by atoms with Crippen LogP contribution in [0.1, 0.15) is 17.0 Å². The molecule has 0 bridgehead atoms. The van der Waals surface area contributed by atoms with E-state index in [0.717, 1.165) is 29.1 Å². The highest BCUT2D eigenvalue weighted by Gasteiger charge is 2.40. The largest absolute Gasteiger partial charge is 0.496 e. The molecule has 0 unspecified atom stereocenters. The first kappa shape index (κ1) is 12.2. The Morgan fingerprint density at radius 1 is 1.06 bits per heavy atom. The Hall–Kier alpha value is -1.22. The van der Waals surface area contributed by atoms with Crippen LogP contribution in [0.4, 0.5) is 0 Å². The van der Waals surface area contributed by atoms with Crippen molar-refractivity contribution in [2.24, 2.45) is 0 Å². The Kier molecular flexibility index (Phi) is 3.04. The van der Waals surface area contributed by atoms with Gasteiger partial charge in [-0.15, -0.1) is 0 Å². The molecule has 0 aromatic heterocycles. The van der Waals surface area contributed by atoms with E-state index >= 15 is 0 Å². The third kappa shape index (κ3) is 2.25. The summed E-state index contributed by atoms with van der Waals surface area (Å²) in [6.45, 7) is 4.36. The summed E-state index contributed by atoms with van der Waals surface area (Å²) < 4.78 is 12.1. The summed E-state index contributed by atoms with van der Waals surface area (Å²) >= 11 is 0. The van der Waals surface area contributed by atoms with E-state index < -0.39 is 0 Å². The van der Waals surface area contributed by atoms with Gasteiger partial charge in [0.2, 0.25) is 0 Å². The summed E-state index contributed by atoms with van der Waals surface area (Å²) in [5.41, 5.74) is 2.41. The molecule has 0 atom stereocenters. The maximum Gasteiger partial charge on any atom is 0.126 e. The number of methoxy groups -OCH3 is 2. The van der Waals surface area contributed by atoms with E-state index in [4.69, 9.17) is 9.47 Å². The molecule has 0 spiro atoms. The van der Waals surface area contributed by atoms with Gasteiger partial charge in [-0.1, -0.05) is 0 Å². The van der Waals surface area contributed by atoms with Crippen LogP contribution in [0.25, 0.3) is 0 Å². The summed E-state index contributed by atoms with van der Waals surface area (Å²) in [5.74, 6) is 2.48. The second-order valence-corrected chi connectivity index (χ2v) is 5.58. The molecule has 1 saturated heterocycles. The molecule has 0 N–H and O–H groups in total. The highest BCUT2D eigenvalue weighted by molar-refractivity contribution is 5.50. The number of likely N-dealkylation sites (tertiary alicyclic amines) is 1. The number of ether oxygens (including phenoxy) is 2. The molecular weight excluding hydrogens is 214 g/mol. The highest BCUT2D eigenvalue weighted by atomic mass is 16.5. The van der Waals surface area contributed by atoms with Gasteiger partial charge in [0.1, 0.15) is 11.5 Å². The fraction of sp³-hybridized carbons (Fsp3) is 0.571. The Balaban J connectivity index is 2.38. The molecule has 2 rings (SSSR count). The van der Waals surface area contributed by atoms with E-state index in [1.54, 1.807) is 14.2 Å². The average Bonchev–Trinajstić information content (AvgIpc) is 2.24. The van der Waals surface area contributed by atoms with Crippen LogP contribution < -0.4 is 9.47 Å². The molecule has 1 aliphatic heterocycles. The van der Waals surface area contributed by atoms with Crippen LogP contribution in [0, 0.1) is 6.92 Å². The Morgan fingerprint density at radius 3 is 1.88 bits per heavy atom. The topological polar surface area (TPSA) is 18.5 Å². The van der Waals surface area contributed by atoms with E-state index in [-0.39, 0.29) is 0 Å². The van der Waals surface area contributed by atoms with Crippen LogP contribution in [0.15, 0.2) is 12.1 Å². The Morgan fingerprint density at radius 2 is 1.53 bits per heavy atom. The van der Waals surface area contributed by atoms with Crippen molar-refractivity contribution in [1.82, 2.24) is 0 Å². The van der Waals surface area contributed by atoms with Crippen LogP contribution in [0.2, 0.25) is 0 Å². The van der Waals surface area contributed by atoms with E-state index in [9.17, 15) is 0 Å². The quantitative estimate of drug-likeness (QED) is 0.749. The van der Waals surface area contributed by atoms with Crippen molar-refractivity contribution in [3.63, 3.8) is 0 Å². The minimum atomic E-state index is 0.551. The van der Waals surface area contributed by atoms with Crippen molar-refractivity contribution in [2.45, 2.75) is 12.8 Å². The van der Waals surface area contributed by atoms with E-state index in [1.807, 2.05) is 0 Å². The second-order valence-electron chi connectivity index (χ2n) is 5.58. The van der Waals surface area contributed by atoms with Crippen molar-refractivity contribution in [3.05, 3.63) is 23.3 Å². The number of nitrogens with zero attached hydrogens (tertiary/aromatic N) is 1. The molecule has 0 saturated carbocycles. The zero-order chi connectivity index (χ0) is 12.6. The third-order valence-corrected chi connectivity index (χ3v) is 3.53. The average molecular weight is 236 g/mol. The van der Waals surface area contributed by atoms with E-state index in [0.29, 0.717) is 5.92 Å². The number of rotatable bonds is 3. The maximum atomic E-state index is 5.51. The smallest absolute Gasteiger partial charge is 0.126 e. The van der Waals surface area contributed by atoms with Gasteiger partial charge < -0.3 is 14.0 Å². The van der Waals surface area contributed by atoms with Gasteiger partial charge in [-0.2, -0.15) is 0 Å². The zero-order valence-corrected chi connectivity index (χ0v) is 11.4. The van der Waals surface area contributed by atoms with Crippen LogP contribution >= 0.6 is 0 Å². The van der Waals surface area contributed by atoms with E-state index in [1.165, 1.54) is 11.1 Å². The first-order chi connectivity index (χ1) is 7.96. The molecule has 1 fully saturated rings. The maximum absolute atomic E-state index is 5.51. The second kappa shape index (κ2) is 4.22. The van der Waals surface area contributed by atoms with Gasteiger partial charge in [-0.05, 0) is 24.6 Å². The van der Waals surface area contributed by atoms with Crippen LogP contribution in [0.3, 0.4) is 0 Å². The third-order valence-electron chi connectivity index (χ3n) is 3.53. The molecule has 0 amide bonds. The SMILES string of the molecule is COc1cc(C)cc(OC)c1C1C[N+](C)(C)C1. The summed E-state index contributed by atoms with van der Waals surface area (Å²) in [5, 5.41) is 0. The summed E-state index contributed by atoms with van der Waals surface area (Å²) in [7, 11) is 7.97. The fourth-order valence-corrected chi connectivity index (χ4v) is 2.79. The number of hydrogen-bond acceptors (Lipinski definition) is 2. The number of aryl methyl sites for hydroxylation is 1. The summed E-state index contributed by atoms with van der Waals surface area (Å²) in [6.07, 6.45) is 0. The lowest BCUT2D eigenvalue weighted by Gasteiger charge is -2.45. The predicted octanol–water partition coefficient (Wildman–Crippen LogP) is 2.19. The van der Waals surface area contributed by atoms with Gasteiger partial charge in [-0.25, -0.2) is 0 Å². The lowest BCUT2D eigenvalue weighted by molar-refractivity contribution is -0.932. The van der Waals surface area contributed by atoms with Crippen molar-refractivity contribution in [1.29, 1.82) is 0 Å². The van der Waals surface area contributed by atoms with Crippen LogP contribution in [-0.4, -0.2) is 45.9 Å². The fourth-order valence-electron chi connectivity index (χ4n) is 2.79. The van der Waals surface area contributed by atoms with E-state index in [2.05, 4.69) is 33.2 Å². The molecule has 1 aromatic carbocycles. The van der Waals surface area contributed by atoms with Gasteiger partial charge in [0.25, 0.3) is 0 Å². The Labute approximate surface area is 104 Å². The monoisotopic (exact) mass is 236 g/mol. The van der Waals surface area contributed by atoms with Gasteiger partial charge in [0.05, 0.1) is 52.9 Å². The molecular formula is C14H22NO2+. The normalized spacial score (nSPS) is 18.6. The summed E-state index contributed by atoms with van der Waals surface area (Å²) in [6, 6.07) is 4.19. The first-order valence-electron chi connectivity index (χ1n) is 6.01. The van der Waals surface area contributed by atoms with Gasteiger partial charge >= 0.3 is 0 Å². The van der Waals surface area contributed by atoms with Crippen LogP contribution in [0.5, 0.6) is 11.5 Å². The molecule has 17 heavy (non-hydrogen) atoms. The van der Waals surface area contributed by atoms with Crippen molar-refractivity contribution < 1.29 is 14.0 Å². The lowest BCUT2D eigenvalue weighted by Crippen LogP contribution is -2.56. The number of likely N-dealkylation sites (N-methyl/N-ethyl adjacent to an activating group) is 1. The van der Waals surface area contributed by atoms with Crippen molar-refractivity contribution in [2.75, 3.05) is 41.4 Å². The van der Waals surface area contributed by atoms with Crippen molar-refractivity contribution >= 4 is 0 Å².